The lowest BCUT2D eigenvalue weighted by molar-refractivity contribution is -0.116. The van der Waals surface area contributed by atoms with E-state index in [4.69, 9.17) is 0 Å². The molecule has 0 spiro atoms. The number of hydrogen-bond acceptors (Lipinski definition) is 6. The third-order valence-corrected chi connectivity index (χ3v) is 6.83. The second-order valence-corrected chi connectivity index (χ2v) is 10.0. The molecule has 1 heterocycles. The summed E-state index contributed by atoms with van der Waals surface area (Å²) in [5, 5.41) is 17.2. The fourth-order valence-electron chi connectivity index (χ4n) is 3.73. The second-order valence-electron chi connectivity index (χ2n) is 8.72. The number of para-hydroxylation sites is 1. The molecule has 9 nitrogen and oxygen atoms in total. The summed E-state index contributed by atoms with van der Waals surface area (Å²) in [6, 6.07) is 12.7. The molecule has 2 aromatic carbocycles. The molecule has 0 radical (unpaired) electrons. The third kappa shape index (κ3) is 7.42. The maximum absolute atomic E-state index is 12.9. The van der Waals surface area contributed by atoms with Crippen LogP contribution in [0, 0.1) is 13.8 Å². The Balaban J connectivity index is 1.63. The highest BCUT2D eigenvalue weighted by Crippen LogP contribution is 2.25. The number of hydrogen-bond donors (Lipinski definition) is 3. The fourth-order valence-corrected chi connectivity index (χ4v) is 4.66. The Bertz CT molecular complexity index is 1250. The molecule has 1 unspecified atom stereocenters. The van der Waals surface area contributed by atoms with Crippen molar-refractivity contribution in [3.63, 3.8) is 0 Å². The van der Waals surface area contributed by atoms with Crippen LogP contribution in [0.3, 0.4) is 0 Å². The van der Waals surface area contributed by atoms with Crippen LogP contribution in [-0.4, -0.2) is 44.3 Å². The minimum absolute atomic E-state index is 0.0721. The van der Waals surface area contributed by atoms with Gasteiger partial charge >= 0.3 is 0 Å². The van der Waals surface area contributed by atoms with E-state index >= 15 is 0 Å². The summed E-state index contributed by atoms with van der Waals surface area (Å²) in [4.78, 5) is 37.8. The van der Waals surface area contributed by atoms with Gasteiger partial charge < -0.3 is 20.5 Å². The zero-order chi connectivity index (χ0) is 26.9. The van der Waals surface area contributed by atoms with E-state index in [9.17, 15) is 14.4 Å². The average Bonchev–Trinajstić information content (AvgIpc) is 3.25. The van der Waals surface area contributed by atoms with Crippen LogP contribution >= 0.6 is 11.8 Å². The quantitative estimate of drug-likeness (QED) is 0.322. The van der Waals surface area contributed by atoms with Gasteiger partial charge in [-0.3, -0.25) is 14.4 Å². The number of thioether (sulfide) groups is 1. The van der Waals surface area contributed by atoms with E-state index in [2.05, 4.69) is 26.1 Å². The van der Waals surface area contributed by atoms with Crippen molar-refractivity contribution in [3.8, 4) is 0 Å². The zero-order valence-electron chi connectivity index (χ0n) is 21.9. The third-order valence-electron chi connectivity index (χ3n) is 5.75. The molecule has 0 saturated heterocycles. The number of nitrogens with zero attached hydrogens (tertiary/aromatic N) is 3. The number of aromatic nitrogens is 3. The second kappa shape index (κ2) is 13.0. The summed E-state index contributed by atoms with van der Waals surface area (Å²) >= 11 is 1.27. The van der Waals surface area contributed by atoms with Crippen molar-refractivity contribution in [3.05, 3.63) is 65.0 Å². The van der Waals surface area contributed by atoms with Crippen molar-refractivity contribution in [1.82, 2.24) is 20.1 Å². The molecule has 1 aromatic heterocycles. The van der Waals surface area contributed by atoms with Crippen LogP contribution in [0.2, 0.25) is 0 Å². The number of nitrogens with one attached hydrogen (secondary N) is 3. The van der Waals surface area contributed by atoms with E-state index in [1.165, 1.54) is 11.8 Å². The molecule has 0 bridgehead atoms. The van der Waals surface area contributed by atoms with Gasteiger partial charge in [0, 0.05) is 30.0 Å². The summed E-state index contributed by atoms with van der Waals surface area (Å²) < 4.78 is 1.84. The van der Waals surface area contributed by atoms with Gasteiger partial charge in [-0.25, -0.2) is 0 Å². The maximum Gasteiger partial charge on any atom is 0.251 e. The summed E-state index contributed by atoms with van der Waals surface area (Å²) in [6.07, 6.45) is 0.917. The number of carbonyl (C=O) groups excluding carboxylic acids is 3. The molecule has 3 N–H and O–H groups in total. The summed E-state index contributed by atoms with van der Waals surface area (Å²) in [5.41, 5.74) is 3.83. The van der Waals surface area contributed by atoms with Gasteiger partial charge in [0.05, 0.1) is 11.7 Å². The molecule has 3 amide bonds. The van der Waals surface area contributed by atoms with Crippen molar-refractivity contribution in [1.29, 1.82) is 0 Å². The van der Waals surface area contributed by atoms with Crippen LogP contribution in [-0.2, 0) is 22.6 Å². The minimum atomic E-state index is -0.483. The van der Waals surface area contributed by atoms with Crippen molar-refractivity contribution in [2.75, 3.05) is 17.2 Å². The van der Waals surface area contributed by atoms with Crippen LogP contribution in [0.15, 0.2) is 47.6 Å². The first-order valence-corrected chi connectivity index (χ1v) is 13.2. The number of rotatable bonds is 11. The Labute approximate surface area is 221 Å². The highest BCUT2D eigenvalue weighted by molar-refractivity contribution is 8.00. The molecular weight excluding hydrogens is 488 g/mol. The first-order valence-electron chi connectivity index (χ1n) is 12.4. The number of benzene rings is 2. The van der Waals surface area contributed by atoms with Gasteiger partial charge in [-0.15, -0.1) is 10.2 Å². The smallest absolute Gasteiger partial charge is 0.251 e. The molecule has 196 valence electrons. The largest absolute Gasteiger partial charge is 0.352 e. The molecule has 0 aliphatic heterocycles. The number of aryl methyl sites for hydroxylation is 2. The Morgan fingerprint density at radius 3 is 2.38 bits per heavy atom. The van der Waals surface area contributed by atoms with Crippen molar-refractivity contribution >= 4 is 40.9 Å². The predicted octanol–water partition coefficient (Wildman–Crippen LogP) is 4.36. The van der Waals surface area contributed by atoms with Crippen molar-refractivity contribution in [2.24, 2.45) is 0 Å². The van der Waals surface area contributed by atoms with E-state index in [0.717, 1.165) is 23.2 Å². The number of amides is 3. The molecule has 0 aliphatic carbocycles. The molecule has 0 fully saturated rings. The predicted molar refractivity (Wildman–Crippen MR) is 147 cm³/mol. The molecule has 3 rings (SSSR count). The maximum atomic E-state index is 12.9. The Kier molecular flexibility index (Phi) is 9.85. The van der Waals surface area contributed by atoms with E-state index in [-0.39, 0.29) is 24.1 Å². The summed E-state index contributed by atoms with van der Waals surface area (Å²) in [7, 11) is 0. The van der Waals surface area contributed by atoms with Gasteiger partial charge in [0.2, 0.25) is 11.8 Å². The highest BCUT2D eigenvalue weighted by Gasteiger charge is 2.21. The Hall–Kier alpha value is -3.66. The monoisotopic (exact) mass is 522 g/mol. The number of anilines is 2. The lowest BCUT2D eigenvalue weighted by Crippen LogP contribution is -2.25. The molecular formula is C27H34N6O3S. The molecule has 1 atom stereocenters. The zero-order valence-corrected chi connectivity index (χ0v) is 22.7. The van der Waals surface area contributed by atoms with Crippen LogP contribution in [0.25, 0.3) is 0 Å². The molecule has 0 saturated carbocycles. The normalized spacial score (nSPS) is 11.6. The SMILES string of the molecule is CCCNC(=O)c1cccc(NC(=O)C(C)Sc2nnc(CC(=O)Nc3c(C)cccc3C)n2CC)c1. The Morgan fingerprint density at radius 2 is 1.70 bits per heavy atom. The van der Waals surface area contributed by atoms with E-state index in [1.54, 1.807) is 31.2 Å². The van der Waals surface area contributed by atoms with Crippen LogP contribution in [0.4, 0.5) is 11.4 Å². The minimum Gasteiger partial charge on any atom is -0.352 e. The van der Waals surface area contributed by atoms with Gasteiger partial charge in [-0.1, -0.05) is 43.0 Å². The highest BCUT2D eigenvalue weighted by atomic mass is 32.2. The number of carbonyl (C=O) groups is 3. The lowest BCUT2D eigenvalue weighted by atomic mass is 10.1. The standard InChI is InChI=1S/C27H34N6O3S/c1-6-14-28-26(36)20-12-9-13-21(15-20)29-25(35)19(5)37-27-32-31-22(33(27)7-2)16-23(34)30-24-17(3)10-8-11-18(24)4/h8-13,15,19H,6-7,14,16H2,1-5H3,(H,28,36)(H,29,35)(H,30,34). The van der Waals surface area contributed by atoms with Gasteiger partial charge in [-0.2, -0.15) is 0 Å². The Morgan fingerprint density at radius 1 is 1.00 bits per heavy atom. The van der Waals surface area contributed by atoms with E-state index < -0.39 is 5.25 Å². The van der Waals surface area contributed by atoms with Gasteiger partial charge in [0.1, 0.15) is 5.82 Å². The van der Waals surface area contributed by atoms with E-state index in [1.807, 2.05) is 50.5 Å². The topological polar surface area (TPSA) is 118 Å². The molecule has 10 heteroatoms. The van der Waals surface area contributed by atoms with Crippen LogP contribution in [0.1, 0.15) is 54.5 Å². The summed E-state index contributed by atoms with van der Waals surface area (Å²) in [5.74, 6) is -0.0431. The van der Waals surface area contributed by atoms with Crippen LogP contribution < -0.4 is 16.0 Å². The first kappa shape index (κ1) is 27.9. The first-order chi connectivity index (χ1) is 17.7. The lowest BCUT2D eigenvalue weighted by Gasteiger charge is -2.14. The van der Waals surface area contributed by atoms with Gasteiger partial charge in [0.25, 0.3) is 5.91 Å². The summed E-state index contributed by atoms with van der Waals surface area (Å²) in [6.45, 7) is 10.8. The average molecular weight is 523 g/mol. The van der Waals surface area contributed by atoms with Gasteiger partial charge in [-0.05, 0) is 63.4 Å². The van der Waals surface area contributed by atoms with Crippen molar-refractivity contribution < 1.29 is 14.4 Å². The molecule has 37 heavy (non-hydrogen) atoms. The molecule has 0 aliphatic rings. The van der Waals surface area contributed by atoms with Crippen molar-refractivity contribution in [2.45, 2.75) is 64.4 Å². The molecule has 3 aromatic rings. The fraction of sp³-hybridized carbons (Fsp3) is 0.370. The van der Waals surface area contributed by atoms with Crippen LogP contribution in [0.5, 0.6) is 0 Å². The van der Waals surface area contributed by atoms with E-state index in [0.29, 0.717) is 35.3 Å². The van der Waals surface area contributed by atoms with Gasteiger partial charge in [0.15, 0.2) is 5.16 Å².